The SMILES string of the molecule is c1cc(C[NH+]2CCCC2)c(C[NH+]2CCCC2)cc1C[NH+]1CCCC1. The molecule has 3 aliphatic heterocycles. The van der Waals surface area contributed by atoms with Crippen molar-refractivity contribution in [1.82, 2.24) is 0 Å². The molecule has 0 spiro atoms. The van der Waals surface area contributed by atoms with Gasteiger partial charge in [0.15, 0.2) is 0 Å². The zero-order chi connectivity index (χ0) is 16.2. The molecule has 3 saturated heterocycles. The molecule has 0 atom stereocenters. The molecule has 132 valence electrons. The number of hydrogen-bond acceptors (Lipinski definition) is 0. The second-order valence-electron chi connectivity index (χ2n) is 8.50. The van der Waals surface area contributed by atoms with E-state index in [2.05, 4.69) is 18.2 Å². The van der Waals surface area contributed by atoms with Crippen LogP contribution in [0.4, 0.5) is 0 Å². The summed E-state index contributed by atoms with van der Waals surface area (Å²) in [6, 6.07) is 7.52. The van der Waals surface area contributed by atoms with Gasteiger partial charge in [-0.25, -0.2) is 0 Å². The lowest BCUT2D eigenvalue weighted by molar-refractivity contribution is -0.905. The molecule has 0 bridgehead atoms. The number of hydrogen-bond donors (Lipinski definition) is 3. The first-order chi connectivity index (χ1) is 11.9. The van der Waals surface area contributed by atoms with E-state index in [1.807, 2.05) is 9.80 Å². The monoisotopic (exact) mass is 330 g/mol. The molecule has 1 aromatic carbocycles. The fourth-order valence-electron chi connectivity index (χ4n) is 5.11. The third kappa shape index (κ3) is 4.19. The molecule has 0 unspecified atom stereocenters. The summed E-state index contributed by atoms with van der Waals surface area (Å²) in [4.78, 5) is 5.43. The number of likely N-dealkylation sites (tertiary alicyclic amines) is 3. The van der Waals surface area contributed by atoms with E-state index in [9.17, 15) is 0 Å². The summed E-state index contributed by atoms with van der Waals surface area (Å²) in [7, 11) is 0. The molecule has 3 fully saturated rings. The normalized spacial score (nSPS) is 23.5. The Kier molecular flexibility index (Phi) is 5.51. The van der Waals surface area contributed by atoms with E-state index in [1.165, 1.54) is 97.4 Å². The average molecular weight is 331 g/mol. The van der Waals surface area contributed by atoms with Crippen LogP contribution in [-0.4, -0.2) is 39.3 Å². The third-order valence-corrected chi connectivity index (χ3v) is 6.54. The maximum absolute atomic E-state index is 2.58. The van der Waals surface area contributed by atoms with Crippen LogP contribution in [0.2, 0.25) is 0 Å². The van der Waals surface area contributed by atoms with Crippen molar-refractivity contribution in [2.75, 3.05) is 39.3 Å². The maximum Gasteiger partial charge on any atom is 0.103 e. The molecule has 24 heavy (non-hydrogen) atoms. The molecule has 3 aliphatic rings. The second-order valence-corrected chi connectivity index (χ2v) is 8.50. The van der Waals surface area contributed by atoms with Crippen molar-refractivity contribution in [3.05, 3.63) is 34.9 Å². The van der Waals surface area contributed by atoms with Gasteiger partial charge in [-0.2, -0.15) is 0 Å². The molecule has 0 aliphatic carbocycles. The average Bonchev–Trinajstić information content (AvgIpc) is 3.33. The van der Waals surface area contributed by atoms with Crippen LogP contribution in [0.5, 0.6) is 0 Å². The minimum atomic E-state index is 1.25. The fourth-order valence-corrected chi connectivity index (χ4v) is 5.11. The summed E-state index contributed by atoms with van der Waals surface area (Å²) >= 11 is 0. The standard InChI is InChI=1S/C21H33N3/c1-2-10-22(9-1)16-19-7-8-20(17-23-11-3-4-12-23)21(15-19)18-24-13-5-6-14-24/h7-8,15H,1-6,9-14,16-18H2/p+3. The molecular formula is C21H36N3+3. The quantitative estimate of drug-likeness (QED) is 0.606. The smallest absolute Gasteiger partial charge is 0.103 e. The molecule has 0 saturated carbocycles. The molecule has 3 nitrogen and oxygen atoms in total. The minimum Gasteiger partial charge on any atom is -0.331 e. The highest BCUT2D eigenvalue weighted by atomic mass is 15.2. The van der Waals surface area contributed by atoms with Gasteiger partial charge in [-0.15, -0.1) is 0 Å². The van der Waals surface area contributed by atoms with Crippen molar-refractivity contribution < 1.29 is 14.7 Å². The Balaban J connectivity index is 1.49. The van der Waals surface area contributed by atoms with Crippen molar-refractivity contribution >= 4 is 0 Å². The van der Waals surface area contributed by atoms with Crippen LogP contribution in [0.3, 0.4) is 0 Å². The lowest BCUT2D eigenvalue weighted by Gasteiger charge is -2.19. The van der Waals surface area contributed by atoms with Gasteiger partial charge in [-0.3, -0.25) is 0 Å². The molecular weight excluding hydrogens is 294 g/mol. The highest BCUT2D eigenvalue weighted by Gasteiger charge is 2.22. The van der Waals surface area contributed by atoms with Crippen LogP contribution < -0.4 is 14.7 Å². The minimum absolute atomic E-state index is 1.25. The van der Waals surface area contributed by atoms with Crippen molar-refractivity contribution in [2.45, 2.75) is 58.2 Å². The highest BCUT2D eigenvalue weighted by molar-refractivity contribution is 5.31. The summed E-state index contributed by atoms with van der Waals surface area (Å²) in [6.07, 6.45) is 8.57. The van der Waals surface area contributed by atoms with Crippen LogP contribution in [0.15, 0.2) is 18.2 Å². The van der Waals surface area contributed by atoms with Crippen LogP contribution in [0.1, 0.15) is 55.2 Å². The zero-order valence-corrected chi connectivity index (χ0v) is 15.3. The third-order valence-electron chi connectivity index (χ3n) is 6.54. The van der Waals surface area contributed by atoms with E-state index in [4.69, 9.17) is 0 Å². The summed E-state index contributed by atoms with van der Waals surface area (Å²) < 4.78 is 0. The first-order valence-corrected chi connectivity index (χ1v) is 10.5. The molecule has 1 aromatic rings. The Morgan fingerprint density at radius 1 is 0.542 bits per heavy atom. The van der Waals surface area contributed by atoms with Crippen LogP contribution in [-0.2, 0) is 19.6 Å². The van der Waals surface area contributed by atoms with Gasteiger partial charge in [0, 0.05) is 55.2 Å². The Morgan fingerprint density at radius 2 is 1.00 bits per heavy atom. The molecule has 3 heterocycles. The Morgan fingerprint density at radius 3 is 1.54 bits per heavy atom. The van der Waals surface area contributed by atoms with Gasteiger partial charge < -0.3 is 14.7 Å². The lowest BCUT2D eigenvalue weighted by atomic mass is 10.0. The van der Waals surface area contributed by atoms with Gasteiger partial charge >= 0.3 is 0 Å². The van der Waals surface area contributed by atoms with Crippen LogP contribution >= 0.6 is 0 Å². The van der Waals surface area contributed by atoms with Gasteiger partial charge in [0.05, 0.1) is 39.3 Å². The van der Waals surface area contributed by atoms with Gasteiger partial charge in [-0.05, 0) is 6.07 Å². The van der Waals surface area contributed by atoms with E-state index < -0.39 is 0 Å². The van der Waals surface area contributed by atoms with E-state index in [1.54, 1.807) is 21.6 Å². The molecule has 0 radical (unpaired) electrons. The summed E-state index contributed by atoms with van der Waals surface area (Å²) in [6.45, 7) is 12.1. The Hall–Kier alpha value is -0.900. The predicted molar refractivity (Wildman–Crippen MR) is 97.3 cm³/mol. The summed E-state index contributed by atoms with van der Waals surface area (Å²) in [5.41, 5.74) is 4.90. The number of quaternary nitrogens is 3. The first-order valence-electron chi connectivity index (χ1n) is 10.5. The van der Waals surface area contributed by atoms with Gasteiger partial charge in [-0.1, -0.05) is 12.1 Å². The largest absolute Gasteiger partial charge is 0.331 e. The predicted octanol–water partition coefficient (Wildman–Crippen LogP) is -0.777. The van der Waals surface area contributed by atoms with Gasteiger partial charge in [0.2, 0.25) is 0 Å². The first kappa shape index (κ1) is 16.6. The molecule has 3 heteroatoms. The van der Waals surface area contributed by atoms with Crippen LogP contribution in [0, 0.1) is 0 Å². The van der Waals surface area contributed by atoms with E-state index in [0.29, 0.717) is 0 Å². The highest BCUT2D eigenvalue weighted by Crippen LogP contribution is 2.12. The molecule has 0 aromatic heterocycles. The lowest BCUT2D eigenvalue weighted by Crippen LogP contribution is -3.09. The number of nitrogens with one attached hydrogen (secondary N) is 3. The fraction of sp³-hybridized carbons (Fsp3) is 0.714. The second kappa shape index (κ2) is 7.99. The maximum atomic E-state index is 2.58. The zero-order valence-electron chi connectivity index (χ0n) is 15.3. The number of rotatable bonds is 6. The topological polar surface area (TPSA) is 13.3 Å². The molecule has 4 rings (SSSR count). The van der Waals surface area contributed by atoms with E-state index in [0.717, 1.165) is 0 Å². The Labute approximate surface area is 147 Å². The van der Waals surface area contributed by atoms with Crippen molar-refractivity contribution in [1.29, 1.82) is 0 Å². The van der Waals surface area contributed by atoms with Crippen molar-refractivity contribution in [3.63, 3.8) is 0 Å². The van der Waals surface area contributed by atoms with Crippen molar-refractivity contribution in [2.24, 2.45) is 0 Å². The van der Waals surface area contributed by atoms with E-state index >= 15 is 0 Å². The summed E-state index contributed by atoms with van der Waals surface area (Å²) in [5.74, 6) is 0. The number of benzene rings is 1. The Bertz CT molecular complexity index is 524. The molecule has 0 amide bonds. The van der Waals surface area contributed by atoms with Crippen LogP contribution in [0.25, 0.3) is 0 Å². The van der Waals surface area contributed by atoms with Gasteiger partial charge in [0.1, 0.15) is 19.6 Å². The van der Waals surface area contributed by atoms with E-state index in [-0.39, 0.29) is 0 Å². The molecule has 3 N–H and O–H groups in total. The summed E-state index contributed by atoms with van der Waals surface area (Å²) in [5, 5.41) is 0. The van der Waals surface area contributed by atoms with Gasteiger partial charge in [0.25, 0.3) is 0 Å². The van der Waals surface area contributed by atoms with Crippen molar-refractivity contribution in [3.8, 4) is 0 Å².